The fraction of sp³-hybridized carbons (Fsp3) is 0. The van der Waals surface area contributed by atoms with E-state index in [1.165, 1.54) is 0 Å². The van der Waals surface area contributed by atoms with Crippen molar-refractivity contribution in [1.29, 1.82) is 0 Å². The van der Waals surface area contributed by atoms with Gasteiger partial charge in [0.1, 0.15) is 0 Å². The van der Waals surface area contributed by atoms with Gasteiger partial charge in [0.2, 0.25) is 0 Å². The van der Waals surface area contributed by atoms with Crippen LogP contribution in [0.25, 0.3) is 0 Å². The Morgan fingerprint density at radius 3 is 0.333 bits per heavy atom. The van der Waals surface area contributed by atoms with Crippen molar-refractivity contribution >= 4 is 0 Å². The van der Waals surface area contributed by atoms with Crippen LogP contribution >= 0.6 is 0 Å². The summed E-state index contributed by atoms with van der Waals surface area (Å²) >= 11 is 0. The SMILES string of the molecule is [F-].[F-].[F-].[F-].[F-].[F-].[F-].[Nd+3].[Zr+4]. The molecule has 0 spiro atoms. The van der Waals surface area contributed by atoms with Crippen LogP contribution in [0, 0.1) is 40.8 Å². The molecule has 0 nitrogen and oxygen atoms in total. The molecule has 0 aliphatic heterocycles. The van der Waals surface area contributed by atoms with Crippen LogP contribution in [0.5, 0.6) is 0 Å². The maximum atomic E-state index is 0. The van der Waals surface area contributed by atoms with Crippen molar-refractivity contribution in [2.45, 2.75) is 0 Å². The smallest absolute Gasteiger partial charge is 1.00 e. The molecule has 0 unspecified atom stereocenters. The van der Waals surface area contributed by atoms with E-state index in [1.807, 2.05) is 0 Å². The molecule has 0 aromatic rings. The van der Waals surface area contributed by atoms with Crippen LogP contribution in [0.4, 0.5) is 0 Å². The standard InChI is InChI=1S/7FH.Nd.Zr/h7*1H;;/q;;;;;;;+3;+4/p-7. The van der Waals surface area contributed by atoms with Crippen molar-refractivity contribution in [2.24, 2.45) is 0 Å². The molecule has 0 bridgehead atoms. The van der Waals surface area contributed by atoms with Crippen LogP contribution in [0.2, 0.25) is 0 Å². The van der Waals surface area contributed by atoms with Gasteiger partial charge in [-0.1, -0.05) is 0 Å². The molecular formula is F7NdZr. The molecule has 0 rings (SSSR count). The van der Waals surface area contributed by atoms with E-state index >= 15 is 0 Å². The topological polar surface area (TPSA) is 0 Å². The van der Waals surface area contributed by atoms with Gasteiger partial charge in [-0.05, 0) is 0 Å². The molecule has 0 fully saturated rings. The summed E-state index contributed by atoms with van der Waals surface area (Å²) in [5, 5.41) is 0. The molecule has 1 radical (unpaired) electrons. The Labute approximate surface area is 98.7 Å². The largest absolute Gasteiger partial charge is 4.00 e. The molecule has 0 aromatic heterocycles. The molecular weight excluding hydrogens is 368 g/mol. The van der Waals surface area contributed by atoms with Crippen LogP contribution in [-0.4, -0.2) is 0 Å². The van der Waals surface area contributed by atoms with E-state index < -0.39 is 0 Å². The van der Waals surface area contributed by atoms with Gasteiger partial charge in [0.05, 0.1) is 0 Å². The zero-order chi connectivity index (χ0) is 0. The monoisotopic (exact) mass is 365 g/mol. The van der Waals surface area contributed by atoms with Crippen LogP contribution in [0.1, 0.15) is 0 Å². The van der Waals surface area contributed by atoms with E-state index in [-0.39, 0.29) is 100.0 Å². The molecule has 0 aliphatic carbocycles. The molecule has 0 saturated carbocycles. The quantitative estimate of drug-likeness (QED) is 0.373. The van der Waals surface area contributed by atoms with Crippen molar-refractivity contribution in [2.75, 3.05) is 0 Å². The third-order valence-corrected chi connectivity index (χ3v) is 0. The van der Waals surface area contributed by atoms with Gasteiger partial charge in [0.15, 0.2) is 0 Å². The first-order valence-electron chi connectivity index (χ1n) is 0. The van der Waals surface area contributed by atoms with Crippen molar-refractivity contribution in [3.63, 3.8) is 0 Å². The molecule has 0 atom stereocenters. The zero-order valence-electron chi connectivity index (χ0n) is 3.65. The number of rotatable bonds is 0. The van der Waals surface area contributed by atoms with Crippen molar-refractivity contribution in [1.82, 2.24) is 0 Å². The van der Waals surface area contributed by atoms with Gasteiger partial charge in [-0.3, -0.25) is 0 Å². The number of halogens is 7. The molecule has 0 saturated heterocycles. The summed E-state index contributed by atoms with van der Waals surface area (Å²) in [7, 11) is 0. The summed E-state index contributed by atoms with van der Waals surface area (Å²) in [4.78, 5) is 0. The van der Waals surface area contributed by atoms with Crippen LogP contribution in [0.15, 0.2) is 0 Å². The summed E-state index contributed by atoms with van der Waals surface area (Å²) in [6.07, 6.45) is 0. The van der Waals surface area contributed by atoms with E-state index in [4.69, 9.17) is 0 Å². The van der Waals surface area contributed by atoms with Crippen LogP contribution in [0.3, 0.4) is 0 Å². The maximum Gasteiger partial charge on any atom is 4.00 e. The molecule has 57 valence electrons. The first kappa shape index (κ1) is 335. The molecule has 9 heavy (non-hydrogen) atoms. The summed E-state index contributed by atoms with van der Waals surface area (Å²) in [6, 6.07) is 0. The van der Waals surface area contributed by atoms with Crippen molar-refractivity contribution in [3.05, 3.63) is 0 Å². The predicted octanol–water partition coefficient (Wildman–Crippen LogP) is -21.0. The Bertz CT molecular complexity index is 8.88. The Balaban J connectivity index is 0. The van der Waals surface area contributed by atoms with Gasteiger partial charge in [-0.15, -0.1) is 0 Å². The Hall–Kier alpha value is 1.74. The van der Waals surface area contributed by atoms with Gasteiger partial charge in [0.25, 0.3) is 0 Å². The van der Waals surface area contributed by atoms with Crippen molar-refractivity contribution < 1.29 is 100.0 Å². The normalized spacial score (nSPS) is 0. The first-order valence-corrected chi connectivity index (χ1v) is 0. The molecule has 0 heterocycles. The molecule has 0 amide bonds. The second-order valence-corrected chi connectivity index (χ2v) is 0. The minimum atomic E-state index is 0. The number of hydrogen-bond donors (Lipinski definition) is 0. The minimum Gasteiger partial charge on any atom is -1.00 e. The third-order valence-electron chi connectivity index (χ3n) is 0. The molecule has 0 aliphatic rings. The fourth-order valence-electron chi connectivity index (χ4n) is 0. The van der Waals surface area contributed by atoms with E-state index in [2.05, 4.69) is 0 Å². The number of hydrogen-bond acceptors (Lipinski definition) is 0. The van der Waals surface area contributed by atoms with E-state index in [1.54, 1.807) is 0 Å². The van der Waals surface area contributed by atoms with E-state index in [9.17, 15) is 0 Å². The van der Waals surface area contributed by atoms with Gasteiger partial charge in [-0.2, -0.15) is 0 Å². The van der Waals surface area contributed by atoms with E-state index in [0.29, 0.717) is 0 Å². The van der Waals surface area contributed by atoms with E-state index in [0.717, 1.165) is 0 Å². The zero-order valence-corrected chi connectivity index (χ0v) is 9.31. The minimum absolute atomic E-state index is 0. The molecule has 9 heteroatoms. The summed E-state index contributed by atoms with van der Waals surface area (Å²) in [5.41, 5.74) is 0. The fourth-order valence-corrected chi connectivity index (χ4v) is 0. The van der Waals surface area contributed by atoms with Gasteiger partial charge >= 0.3 is 67.0 Å². The van der Waals surface area contributed by atoms with Gasteiger partial charge in [-0.25, -0.2) is 0 Å². The summed E-state index contributed by atoms with van der Waals surface area (Å²) in [5.74, 6) is 0. The average Bonchev–Trinajstić information content (AvgIpc) is 0. The Morgan fingerprint density at radius 1 is 0.333 bits per heavy atom. The maximum absolute atomic E-state index is 0. The summed E-state index contributed by atoms with van der Waals surface area (Å²) in [6.45, 7) is 0. The average molecular weight is 368 g/mol. The van der Waals surface area contributed by atoms with Gasteiger partial charge in [0, 0.05) is 0 Å². The van der Waals surface area contributed by atoms with Crippen LogP contribution in [-0.2, 0) is 26.2 Å². The predicted molar refractivity (Wildman–Crippen MR) is 0 cm³/mol. The van der Waals surface area contributed by atoms with Gasteiger partial charge < -0.3 is 32.9 Å². The Morgan fingerprint density at radius 2 is 0.333 bits per heavy atom. The van der Waals surface area contributed by atoms with Crippen molar-refractivity contribution in [3.8, 4) is 0 Å². The third kappa shape index (κ3) is 192. The molecule has 0 N–H and O–H groups in total. The second kappa shape index (κ2) is 245. The molecule has 0 aromatic carbocycles. The second-order valence-electron chi connectivity index (χ2n) is 0. The van der Waals surface area contributed by atoms with Crippen LogP contribution < -0.4 is 32.9 Å². The summed E-state index contributed by atoms with van der Waals surface area (Å²) < 4.78 is 0. The first-order chi connectivity index (χ1) is 0. The Kier molecular flexibility index (Phi) is 9130.